The lowest BCUT2D eigenvalue weighted by atomic mass is 10.1. The second-order valence-corrected chi connectivity index (χ2v) is 4.03. The van der Waals surface area contributed by atoms with Gasteiger partial charge < -0.3 is 14.6 Å². The van der Waals surface area contributed by atoms with Gasteiger partial charge in [0.2, 0.25) is 5.43 Å². The molecule has 5 nitrogen and oxygen atoms in total. The van der Waals surface area contributed by atoms with Crippen molar-refractivity contribution in [3.05, 3.63) is 52.8 Å². The summed E-state index contributed by atoms with van der Waals surface area (Å²) in [6.45, 7) is 0. The molecule has 0 atom stereocenters. The van der Waals surface area contributed by atoms with Gasteiger partial charge >= 0.3 is 0 Å². The van der Waals surface area contributed by atoms with Crippen LogP contribution in [0.5, 0.6) is 11.5 Å². The Balaban J connectivity index is 2.28. The summed E-state index contributed by atoms with van der Waals surface area (Å²) in [5.41, 5.74) is 0.631. The molecule has 0 saturated heterocycles. The molecule has 0 amide bonds. The Bertz CT molecular complexity index is 823. The van der Waals surface area contributed by atoms with E-state index in [1.807, 2.05) is 0 Å². The number of nitrogens with zero attached hydrogens (tertiary/aromatic N) is 1. The normalized spacial score (nSPS) is 10.7. The van der Waals surface area contributed by atoms with Gasteiger partial charge in [0.25, 0.3) is 0 Å². The molecule has 1 aromatic carbocycles. The minimum Gasteiger partial charge on any atom is -0.508 e. The van der Waals surface area contributed by atoms with Crippen LogP contribution in [0.15, 0.2) is 51.8 Å². The summed E-state index contributed by atoms with van der Waals surface area (Å²) in [6.07, 6.45) is 1.51. The van der Waals surface area contributed by atoms with Gasteiger partial charge in [0.1, 0.15) is 17.3 Å². The third-order valence-electron chi connectivity index (χ3n) is 2.73. The highest BCUT2D eigenvalue weighted by atomic mass is 16.3. The fourth-order valence-electron chi connectivity index (χ4n) is 1.85. The van der Waals surface area contributed by atoms with Crippen molar-refractivity contribution in [2.45, 2.75) is 0 Å². The Morgan fingerprint density at radius 2 is 1.95 bits per heavy atom. The van der Waals surface area contributed by atoms with E-state index >= 15 is 0 Å². The standard InChI is InChI=1S/C14H9NO4/c16-8-3-4-9(10(17)6-8)13-7-11(18)14-12(19-13)2-1-5-15-14/h1-7,16-17H. The number of aromatic hydroxyl groups is 2. The molecule has 2 aromatic heterocycles. The zero-order valence-electron chi connectivity index (χ0n) is 9.70. The van der Waals surface area contributed by atoms with Gasteiger partial charge in [0.05, 0.1) is 5.56 Å². The van der Waals surface area contributed by atoms with Crippen molar-refractivity contribution in [1.82, 2.24) is 4.98 Å². The molecule has 0 spiro atoms. The Kier molecular flexibility index (Phi) is 2.45. The van der Waals surface area contributed by atoms with Gasteiger partial charge in [-0.3, -0.25) is 4.79 Å². The van der Waals surface area contributed by atoms with Crippen LogP contribution < -0.4 is 5.43 Å². The van der Waals surface area contributed by atoms with Crippen molar-refractivity contribution in [2.75, 3.05) is 0 Å². The first kappa shape index (κ1) is 11.3. The Morgan fingerprint density at radius 3 is 2.74 bits per heavy atom. The lowest BCUT2D eigenvalue weighted by Gasteiger charge is -2.05. The van der Waals surface area contributed by atoms with Crippen molar-refractivity contribution in [3.63, 3.8) is 0 Å². The highest BCUT2D eigenvalue weighted by Gasteiger charge is 2.11. The van der Waals surface area contributed by atoms with E-state index in [0.717, 1.165) is 0 Å². The van der Waals surface area contributed by atoms with Crippen LogP contribution in [0.1, 0.15) is 0 Å². The van der Waals surface area contributed by atoms with Gasteiger partial charge in [-0.1, -0.05) is 0 Å². The van der Waals surface area contributed by atoms with Crippen LogP contribution in [0.3, 0.4) is 0 Å². The van der Waals surface area contributed by atoms with E-state index in [1.54, 1.807) is 12.1 Å². The smallest absolute Gasteiger partial charge is 0.211 e. The van der Waals surface area contributed by atoms with E-state index in [4.69, 9.17) is 4.42 Å². The van der Waals surface area contributed by atoms with E-state index in [2.05, 4.69) is 4.98 Å². The van der Waals surface area contributed by atoms with E-state index in [9.17, 15) is 15.0 Å². The third kappa shape index (κ3) is 1.91. The molecule has 0 radical (unpaired) electrons. The summed E-state index contributed by atoms with van der Waals surface area (Å²) in [6, 6.07) is 8.62. The first-order valence-electron chi connectivity index (χ1n) is 5.56. The molecule has 94 valence electrons. The zero-order chi connectivity index (χ0) is 13.4. The molecule has 0 unspecified atom stereocenters. The van der Waals surface area contributed by atoms with Crippen molar-refractivity contribution in [2.24, 2.45) is 0 Å². The molecule has 5 heteroatoms. The monoisotopic (exact) mass is 255 g/mol. The van der Waals surface area contributed by atoms with E-state index in [1.165, 1.54) is 30.5 Å². The maximum atomic E-state index is 11.9. The number of benzene rings is 1. The molecule has 0 aliphatic carbocycles. The molecule has 3 rings (SSSR count). The van der Waals surface area contributed by atoms with Crippen LogP contribution in [-0.2, 0) is 0 Å². The maximum Gasteiger partial charge on any atom is 0.211 e. The fraction of sp³-hybridized carbons (Fsp3) is 0. The number of hydrogen-bond acceptors (Lipinski definition) is 5. The molecule has 19 heavy (non-hydrogen) atoms. The minimum absolute atomic E-state index is 0.0638. The fourth-order valence-corrected chi connectivity index (χ4v) is 1.85. The summed E-state index contributed by atoms with van der Waals surface area (Å²) in [5.74, 6) is 0.000410. The lowest BCUT2D eigenvalue weighted by Crippen LogP contribution is -2.02. The molecule has 0 aliphatic rings. The van der Waals surface area contributed by atoms with Crippen LogP contribution in [-0.4, -0.2) is 15.2 Å². The number of phenols is 2. The van der Waals surface area contributed by atoms with Gasteiger partial charge in [-0.15, -0.1) is 0 Å². The first-order chi connectivity index (χ1) is 9.15. The van der Waals surface area contributed by atoms with E-state index in [0.29, 0.717) is 11.1 Å². The molecule has 0 bridgehead atoms. The molecule has 0 saturated carbocycles. The van der Waals surface area contributed by atoms with Crippen LogP contribution in [0, 0.1) is 0 Å². The van der Waals surface area contributed by atoms with Crippen LogP contribution in [0.25, 0.3) is 22.4 Å². The predicted octanol–water partition coefficient (Wildman–Crippen LogP) is 2.27. The lowest BCUT2D eigenvalue weighted by molar-refractivity contribution is 0.450. The molecule has 0 fully saturated rings. The highest BCUT2D eigenvalue weighted by molar-refractivity contribution is 5.76. The highest BCUT2D eigenvalue weighted by Crippen LogP contribution is 2.32. The summed E-state index contributed by atoms with van der Waals surface area (Å²) in [5, 5.41) is 19.0. The molecular weight excluding hydrogens is 246 g/mol. The number of rotatable bonds is 1. The Labute approximate surface area is 107 Å². The molecule has 2 N–H and O–H groups in total. The summed E-state index contributed by atoms with van der Waals surface area (Å²) in [7, 11) is 0. The van der Waals surface area contributed by atoms with Gasteiger partial charge in [-0.25, -0.2) is 4.98 Å². The van der Waals surface area contributed by atoms with Crippen molar-refractivity contribution >= 4 is 11.1 Å². The zero-order valence-corrected chi connectivity index (χ0v) is 9.70. The molecule has 0 aliphatic heterocycles. The Morgan fingerprint density at radius 1 is 1.11 bits per heavy atom. The van der Waals surface area contributed by atoms with Crippen molar-refractivity contribution in [1.29, 1.82) is 0 Å². The summed E-state index contributed by atoms with van der Waals surface area (Å²) in [4.78, 5) is 15.8. The average Bonchev–Trinajstić information content (AvgIpc) is 2.38. The second-order valence-electron chi connectivity index (χ2n) is 4.03. The van der Waals surface area contributed by atoms with Gasteiger partial charge in [-0.05, 0) is 24.3 Å². The average molecular weight is 255 g/mol. The quantitative estimate of drug-likeness (QED) is 0.696. The molecule has 2 heterocycles. The summed E-state index contributed by atoms with van der Waals surface area (Å²) >= 11 is 0. The molecular formula is C14H9NO4. The number of hydrogen-bond donors (Lipinski definition) is 2. The maximum absolute atomic E-state index is 11.9. The SMILES string of the molecule is O=c1cc(-c2ccc(O)cc2O)oc2cccnc12. The van der Waals surface area contributed by atoms with Crippen molar-refractivity contribution in [3.8, 4) is 22.8 Å². The topological polar surface area (TPSA) is 83.6 Å². The molecule has 3 aromatic rings. The van der Waals surface area contributed by atoms with Crippen LogP contribution in [0.4, 0.5) is 0 Å². The van der Waals surface area contributed by atoms with Crippen molar-refractivity contribution < 1.29 is 14.6 Å². The van der Waals surface area contributed by atoms with Crippen LogP contribution >= 0.6 is 0 Å². The second kappa shape index (κ2) is 4.13. The van der Waals surface area contributed by atoms with Gasteiger partial charge in [0.15, 0.2) is 11.1 Å². The first-order valence-corrected chi connectivity index (χ1v) is 5.56. The number of aromatic nitrogens is 1. The van der Waals surface area contributed by atoms with Gasteiger partial charge in [-0.2, -0.15) is 0 Å². The third-order valence-corrected chi connectivity index (χ3v) is 2.73. The number of pyridine rings is 1. The summed E-state index contributed by atoms with van der Waals surface area (Å²) < 4.78 is 5.55. The Hall–Kier alpha value is -2.82. The van der Waals surface area contributed by atoms with Crippen LogP contribution in [0.2, 0.25) is 0 Å². The predicted molar refractivity (Wildman–Crippen MR) is 69.0 cm³/mol. The van der Waals surface area contributed by atoms with E-state index < -0.39 is 0 Å². The largest absolute Gasteiger partial charge is 0.508 e. The number of fused-ring (bicyclic) bond motifs is 1. The minimum atomic E-state index is -0.288. The van der Waals surface area contributed by atoms with Gasteiger partial charge in [0, 0.05) is 18.3 Å². The number of phenolic OH excluding ortho intramolecular Hbond substituents is 2. The van der Waals surface area contributed by atoms with E-state index in [-0.39, 0.29) is 28.2 Å².